The van der Waals surface area contributed by atoms with E-state index in [-0.39, 0.29) is 5.78 Å². The predicted molar refractivity (Wildman–Crippen MR) is 107 cm³/mol. The molecule has 3 rings (SSSR count). The molecule has 3 aromatic rings. The van der Waals surface area contributed by atoms with Crippen molar-refractivity contribution in [1.29, 1.82) is 0 Å². The standard InChI is InChI=1S/C23H17ClO3/c1-16-6-2-4-8-20(16)23(26)27-22-9-5-3-7-18(22)12-15-21(25)17-10-13-19(24)14-11-17/h2-15H,1H3. The Kier molecular flexibility index (Phi) is 5.84. The lowest BCUT2D eigenvalue weighted by molar-refractivity contribution is 0.0733. The van der Waals surface area contributed by atoms with Gasteiger partial charge >= 0.3 is 5.97 Å². The van der Waals surface area contributed by atoms with E-state index in [1.807, 2.05) is 25.1 Å². The van der Waals surface area contributed by atoms with Crippen LogP contribution in [0.3, 0.4) is 0 Å². The lowest BCUT2D eigenvalue weighted by Crippen LogP contribution is -2.10. The van der Waals surface area contributed by atoms with E-state index in [0.29, 0.717) is 27.5 Å². The Bertz CT molecular complexity index is 1000. The van der Waals surface area contributed by atoms with Crippen molar-refractivity contribution in [2.24, 2.45) is 0 Å². The van der Waals surface area contributed by atoms with Crippen molar-refractivity contribution in [3.8, 4) is 5.75 Å². The molecule has 4 heteroatoms. The molecular formula is C23H17ClO3. The maximum atomic E-state index is 12.5. The quantitative estimate of drug-likeness (QED) is 0.246. The number of para-hydroxylation sites is 1. The van der Waals surface area contributed by atoms with E-state index >= 15 is 0 Å². The van der Waals surface area contributed by atoms with Crippen molar-refractivity contribution in [3.05, 3.63) is 106 Å². The fourth-order valence-electron chi connectivity index (χ4n) is 2.54. The molecule has 0 radical (unpaired) electrons. The monoisotopic (exact) mass is 376 g/mol. The minimum atomic E-state index is -0.432. The smallest absolute Gasteiger partial charge is 0.343 e. The molecule has 27 heavy (non-hydrogen) atoms. The maximum Gasteiger partial charge on any atom is 0.343 e. The number of carbonyl (C=O) groups excluding carboxylic acids is 2. The van der Waals surface area contributed by atoms with Gasteiger partial charge in [-0.1, -0.05) is 48.0 Å². The Balaban J connectivity index is 1.80. The number of carbonyl (C=O) groups is 2. The van der Waals surface area contributed by atoms with Gasteiger partial charge in [-0.05, 0) is 61.0 Å². The average molecular weight is 377 g/mol. The zero-order chi connectivity index (χ0) is 19.2. The van der Waals surface area contributed by atoms with Crippen molar-refractivity contribution in [2.45, 2.75) is 6.92 Å². The summed E-state index contributed by atoms with van der Waals surface area (Å²) >= 11 is 5.84. The van der Waals surface area contributed by atoms with Crippen molar-refractivity contribution in [1.82, 2.24) is 0 Å². The van der Waals surface area contributed by atoms with Crippen molar-refractivity contribution < 1.29 is 14.3 Å². The molecular weight excluding hydrogens is 360 g/mol. The van der Waals surface area contributed by atoms with Crippen LogP contribution in [0.1, 0.15) is 31.8 Å². The second-order valence-electron chi connectivity index (χ2n) is 5.95. The highest BCUT2D eigenvalue weighted by molar-refractivity contribution is 6.30. The Morgan fingerprint density at radius 2 is 1.56 bits per heavy atom. The minimum absolute atomic E-state index is 0.160. The molecule has 0 saturated heterocycles. The summed E-state index contributed by atoms with van der Waals surface area (Å²) in [5.74, 6) is -0.199. The molecule has 0 unspecified atom stereocenters. The molecule has 3 aromatic carbocycles. The Hall–Kier alpha value is -3.17. The summed E-state index contributed by atoms with van der Waals surface area (Å²) in [7, 11) is 0. The van der Waals surface area contributed by atoms with Crippen LogP contribution in [0.15, 0.2) is 78.9 Å². The van der Waals surface area contributed by atoms with Gasteiger partial charge in [-0.15, -0.1) is 0 Å². The van der Waals surface area contributed by atoms with Gasteiger partial charge in [0, 0.05) is 16.1 Å². The number of benzene rings is 3. The summed E-state index contributed by atoms with van der Waals surface area (Å²) in [6.45, 7) is 1.85. The highest BCUT2D eigenvalue weighted by Crippen LogP contribution is 2.22. The van der Waals surface area contributed by atoms with Crippen LogP contribution in [0.4, 0.5) is 0 Å². The number of hydrogen-bond donors (Lipinski definition) is 0. The molecule has 0 aliphatic heterocycles. The number of allylic oxidation sites excluding steroid dienone is 1. The van der Waals surface area contributed by atoms with Gasteiger partial charge in [-0.2, -0.15) is 0 Å². The summed E-state index contributed by atoms with van der Waals surface area (Å²) in [5, 5.41) is 0.573. The SMILES string of the molecule is Cc1ccccc1C(=O)Oc1ccccc1C=CC(=O)c1ccc(Cl)cc1. The molecule has 0 aromatic heterocycles. The normalized spacial score (nSPS) is 10.7. The number of halogens is 1. The van der Waals surface area contributed by atoms with E-state index < -0.39 is 5.97 Å². The highest BCUT2D eigenvalue weighted by atomic mass is 35.5. The van der Waals surface area contributed by atoms with Crippen molar-refractivity contribution >= 4 is 29.4 Å². The third kappa shape index (κ3) is 4.72. The van der Waals surface area contributed by atoms with Gasteiger partial charge in [-0.25, -0.2) is 4.79 Å². The van der Waals surface area contributed by atoms with Crippen LogP contribution in [0.5, 0.6) is 5.75 Å². The van der Waals surface area contributed by atoms with Crippen molar-refractivity contribution in [3.63, 3.8) is 0 Å². The first-order chi connectivity index (χ1) is 13.0. The lowest BCUT2D eigenvalue weighted by Gasteiger charge is -2.09. The highest BCUT2D eigenvalue weighted by Gasteiger charge is 2.12. The van der Waals surface area contributed by atoms with Crippen LogP contribution >= 0.6 is 11.6 Å². The van der Waals surface area contributed by atoms with E-state index in [9.17, 15) is 9.59 Å². The molecule has 0 spiro atoms. The summed E-state index contributed by atoms with van der Waals surface area (Å²) in [6.07, 6.45) is 3.08. The molecule has 0 saturated carbocycles. The second-order valence-corrected chi connectivity index (χ2v) is 6.38. The van der Waals surface area contributed by atoms with Crippen LogP contribution in [0.25, 0.3) is 6.08 Å². The number of esters is 1. The van der Waals surface area contributed by atoms with E-state index in [4.69, 9.17) is 16.3 Å². The van der Waals surface area contributed by atoms with Crippen LogP contribution in [0.2, 0.25) is 5.02 Å². The van der Waals surface area contributed by atoms with Gasteiger partial charge in [0.1, 0.15) is 5.75 Å². The Labute approximate surface area is 162 Å². The maximum absolute atomic E-state index is 12.5. The molecule has 0 aliphatic rings. The molecule has 0 aliphatic carbocycles. The summed E-state index contributed by atoms with van der Waals surface area (Å²) in [4.78, 5) is 24.7. The fraction of sp³-hybridized carbons (Fsp3) is 0.0435. The van der Waals surface area contributed by atoms with Crippen LogP contribution in [-0.4, -0.2) is 11.8 Å². The van der Waals surface area contributed by atoms with Crippen LogP contribution in [-0.2, 0) is 0 Å². The summed E-state index contributed by atoms with van der Waals surface area (Å²) < 4.78 is 5.55. The zero-order valence-electron chi connectivity index (χ0n) is 14.7. The third-order valence-electron chi connectivity index (χ3n) is 4.03. The lowest BCUT2D eigenvalue weighted by atomic mass is 10.1. The number of hydrogen-bond acceptors (Lipinski definition) is 3. The largest absolute Gasteiger partial charge is 0.422 e. The first-order valence-corrected chi connectivity index (χ1v) is 8.77. The van der Waals surface area contributed by atoms with Crippen LogP contribution < -0.4 is 4.74 Å². The number of ether oxygens (including phenoxy) is 1. The predicted octanol–water partition coefficient (Wildman–Crippen LogP) is 5.76. The third-order valence-corrected chi connectivity index (χ3v) is 4.28. The van der Waals surface area contributed by atoms with Crippen molar-refractivity contribution in [2.75, 3.05) is 0 Å². The minimum Gasteiger partial charge on any atom is -0.422 e. The Morgan fingerprint density at radius 1 is 0.889 bits per heavy atom. The van der Waals surface area contributed by atoms with E-state index in [2.05, 4.69) is 0 Å². The topological polar surface area (TPSA) is 43.4 Å². The number of rotatable bonds is 5. The van der Waals surface area contributed by atoms with Gasteiger partial charge in [0.15, 0.2) is 5.78 Å². The fourth-order valence-corrected chi connectivity index (χ4v) is 2.67. The van der Waals surface area contributed by atoms with Gasteiger partial charge in [0.2, 0.25) is 0 Å². The first kappa shape index (κ1) is 18.6. The van der Waals surface area contributed by atoms with Crippen LogP contribution in [0, 0.1) is 6.92 Å². The first-order valence-electron chi connectivity index (χ1n) is 8.39. The molecule has 3 nitrogen and oxygen atoms in total. The van der Waals surface area contributed by atoms with Gasteiger partial charge < -0.3 is 4.74 Å². The van der Waals surface area contributed by atoms with E-state index in [1.54, 1.807) is 60.7 Å². The molecule has 134 valence electrons. The number of aryl methyl sites for hydroxylation is 1. The summed E-state index contributed by atoms with van der Waals surface area (Å²) in [6, 6.07) is 21.0. The van der Waals surface area contributed by atoms with Gasteiger partial charge in [0.25, 0.3) is 0 Å². The number of ketones is 1. The molecule has 0 N–H and O–H groups in total. The summed E-state index contributed by atoms with van der Waals surface area (Å²) in [5.41, 5.74) is 2.52. The van der Waals surface area contributed by atoms with Gasteiger partial charge in [0.05, 0.1) is 5.56 Å². The van der Waals surface area contributed by atoms with E-state index in [0.717, 1.165) is 5.56 Å². The molecule has 0 atom stereocenters. The molecule has 0 bridgehead atoms. The molecule has 0 fully saturated rings. The van der Waals surface area contributed by atoms with Gasteiger partial charge in [-0.3, -0.25) is 4.79 Å². The second kappa shape index (κ2) is 8.47. The molecule has 0 amide bonds. The average Bonchev–Trinajstić information content (AvgIpc) is 2.68. The molecule has 0 heterocycles. The Morgan fingerprint density at radius 3 is 2.30 bits per heavy atom. The zero-order valence-corrected chi connectivity index (χ0v) is 15.4. The van der Waals surface area contributed by atoms with E-state index in [1.165, 1.54) is 6.08 Å².